The van der Waals surface area contributed by atoms with Gasteiger partial charge in [-0.1, -0.05) is 6.07 Å². The fourth-order valence-electron chi connectivity index (χ4n) is 1.31. The van der Waals surface area contributed by atoms with Gasteiger partial charge in [0.05, 0.1) is 18.3 Å². The third kappa shape index (κ3) is 2.74. The van der Waals surface area contributed by atoms with E-state index in [1.54, 1.807) is 12.1 Å². The lowest BCUT2D eigenvalue weighted by Gasteiger charge is -2.02. The van der Waals surface area contributed by atoms with E-state index in [-0.39, 0.29) is 6.54 Å². The van der Waals surface area contributed by atoms with Gasteiger partial charge in [-0.2, -0.15) is 18.3 Å². The molecule has 0 aliphatic rings. The maximum absolute atomic E-state index is 12.3. The van der Waals surface area contributed by atoms with Crippen molar-refractivity contribution in [2.75, 3.05) is 5.73 Å². The number of hydrogen-bond donors (Lipinski definition) is 1. The van der Waals surface area contributed by atoms with Gasteiger partial charge in [0.2, 0.25) is 0 Å². The third-order valence-electron chi connectivity index (χ3n) is 2.15. The minimum atomic E-state index is -4.36. The van der Waals surface area contributed by atoms with Crippen LogP contribution < -0.4 is 5.73 Å². The minimum Gasteiger partial charge on any atom is -0.384 e. The maximum Gasteiger partial charge on any atom is 0.419 e. The smallest absolute Gasteiger partial charge is 0.384 e. The Balaban J connectivity index is 2.14. The summed E-state index contributed by atoms with van der Waals surface area (Å²) in [5.74, 6) is 0.366. The van der Waals surface area contributed by atoms with Crippen LogP contribution in [0.25, 0.3) is 0 Å². The second kappa shape index (κ2) is 4.08. The second-order valence-electron chi connectivity index (χ2n) is 3.52. The van der Waals surface area contributed by atoms with Crippen molar-refractivity contribution < 1.29 is 13.2 Å². The molecule has 0 saturated carbocycles. The van der Waals surface area contributed by atoms with E-state index < -0.39 is 11.7 Å². The van der Waals surface area contributed by atoms with Gasteiger partial charge in [-0.25, -0.2) is 4.98 Å². The molecule has 0 amide bonds. The Bertz CT molecular complexity index is 501. The zero-order valence-corrected chi connectivity index (χ0v) is 8.65. The summed E-state index contributed by atoms with van der Waals surface area (Å²) < 4.78 is 38.1. The number of alkyl halides is 3. The van der Waals surface area contributed by atoms with Crippen LogP contribution >= 0.6 is 0 Å². The Morgan fingerprint density at radius 1 is 1.24 bits per heavy atom. The summed E-state index contributed by atoms with van der Waals surface area (Å²) in [7, 11) is 0. The van der Waals surface area contributed by atoms with Gasteiger partial charge in [0.1, 0.15) is 5.82 Å². The van der Waals surface area contributed by atoms with Crippen molar-refractivity contribution >= 4 is 5.82 Å². The van der Waals surface area contributed by atoms with Crippen molar-refractivity contribution in [3.8, 4) is 0 Å². The highest BCUT2D eigenvalue weighted by Gasteiger charge is 2.32. The van der Waals surface area contributed by atoms with E-state index in [2.05, 4.69) is 10.1 Å². The van der Waals surface area contributed by atoms with E-state index in [0.29, 0.717) is 5.82 Å². The van der Waals surface area contributed by atoms with Crippen molar-refractivity contribution in [3.05, 3.63) is 41.9 Å². The second-order valence-corrected chi connectivity index (χ2v) is 3.52. The van der Waals surface area contributed by atoms with Gasteiger partial charge in [-0.3, -0.25) is 4.68 Å². The molecule has 7 heteroatoms. The number of aromatic nitrogens is 3. The first kappa shape index (κ1) is 11.4. The van der Waals surface area contributed by atoms with E-state index in [1.807, 2.05) is 0 Å². The van der Waals surface area contributed by atoms with Crippen LogP contribution in [0.3, 0.4) is 0 Å². The van der Waals surface area contributed by atoms with Gasteiger partial charge in [0, 0.05) is 12.4 Å². The molecule has 2 N–H and O–H groups in total. The summed E-state index contributed by atoms with van der Waals surface area (Å²) >= 11 is 0. The van der Waals surface area contributed by atoms with Crippen LogP contribution in [-0.2, 0) is 12.7 Å². The van der Waals surface area contributed by atoms with Gasteiger partial charge in [0.25, 0.3) is 0 Å². The molecule has 0 aliphatic carbocycles. The van der Waals surface area contributed by atoms with Crippen molar-refractivity contribution in [2.24, 2.45) is 0 Å². The zero-order valence-electron chi connectivity index (χ0n) is 8.65. The topological polar surface area (TPSA) is 56.7 Å². The first-order valence-corrected chi connectivity index (χ1v) is 4.75. The first-order chi connectivity index (χ1) is 7.95. The summed E-state index contributed by atoms with van der Waals surface area (Å²) in [6, 6.07) is 3.28. The largest absolute Gasteiger partial charge is 0.419 e. The lowest BCUT2D eigenvalue weighted by Crippen LogP contribution is -2.04. The number of nitrogens with zero attached hydrogens (tertiary/aromatic N) is 3. The molecule has 2 heterocycles. The molecule has 4 nitrogen and oxygen atoms in total. The molecule has 0 fully saturated rings. The lowest BCUT2D eigenvalue weighted by molar-refractivity contribution is -0.137. The number of nitrogen functional groups attached to an aromatic ring is 1. The molecule has 90 valence electrons. The summed E-state index contributed by atoms with van der Waals surface area (Å²) in [5.41, 5.74) is 5.37. The van der Waals surface area contributed by atoms with Gasteiger partial charge < -0.3 is 5.73 Å². The Morgan fingerprint density at radius 2 is 2.00 bits per heavy atom. The summed E-state index contributed by atoms with van der Waals surface area (Å²) in [6.45, 7) is 0.226. The van der Waals surface area contributed by atoms with Gasteiger partial charge in [0.15, 0.2) is 0 Å². The van der Waals surface area contributed by atoms with Crippen LogP contribution in [0.4, 0.5) is 19.0 Å². The third-order valence-corrected chi connectivity index (χ3v) is 2.15. The van der Waals surface area contributed by atoms with E-state index in [1.165, 1.54) is 10.9 Å². The Kier molecular flexibility index (Phi) is 2.74. The van der Waals surface area contributed by atoms with Gasteiger partial charge in [-0.05, 0) is 11.6 Å². The molecule has 0 aromatic carbocycles. The van der Waals surface area contributed by atoms with Crippen LogP contribution in [0.15, 0.2) is 30.7 Å². The highest BCUT2D eigenvalue weighted by atomic mass is 19.4. The lowest BCUT2D eigenvalue weighted by atomic mass is 10.3. The molecule has 0 bridgehead atoms. The van der Waals surface area contributed by atoms with E-state index >= 15 is 0 Å². The first-order valence-electron chi connectivity index (χ1n) is 4.75. The molecule has 2 aromatic heterocycles. The Morgan fingerprint density at radius 3 is 2.53 bits per heavy atom. The SMILES string of the molecule is Nc1ccc(Cn2cc(C(F)(F)F)cn2)cn1. The fraction of sp³-hybridized carbons (Fsp3) is 0.200. The number of nitrogens with two attached hydrogens (primary N) is 1. The standard InChI is InChI=1S/C10H9F3N4/c11-10(12,13)8-4-16-17(6-8)5-7-1-2-9(14)15-3-7/h1-4,6H,5H2,(H2,14,15). The highest BCUT2D eigenvalue weighted by Crippen LogP contribution is 2.28. The van der Waals surface area contributed by atoms with Crippen molar-refractivity contribution in [2.45, 2.75) is 12.7 Å². The molecule has 0 radical (unpaired) electrons. The number of halogens is 3. The normalized spacial score (nSPS) is 11.7. The molecular weight excluding hydrogens is 233 g/mol. The summed E-state index contributed by atoms with van der Waals surface area (Å²) in [4.78, 5) is 3.85. The number of pyridine rings is 1. The maximum atomic E-state index is 12.3. The van der Waals surface area contributed by atoms with Crippen molar-refractivity contribution in [1.82, 2.24) is 14.8 Å². The fourth-order valence-corrected chi connectivity index (χ4v) is 1.31. The predicted molar refractivity (Wildman–Crippen MR) is 55.0 cm³/mol. The minimum absolute atomic E-state index is 0.226. The summed E-state index contributed by atoms with van der Waals surface area (Å²) in [6.07, 6.45) is -1.11. The molecule has 0 saturated heterocycles. The Hall–Kier alpha value is -2.05. The molecule has 17 heavy (non-hydrogen) atoms. The molecule has 2 rings (SSSR count). The summed E-state index contributed by atoms with van der Waals surface area (Å²) in [5, 5.41) is 3.64. The van der Waals surface area contributed by atoms with Gasteiger partial charge in [-0.15, -0.1) is 0 Å². The van der Waals surface area contributed by atoms with Crippen LogP contribution in [0.1, 0.15) is 11.1 Å². The van der Waals surface area contributed by atoms with E-state index in [0.717, 1.165) is 18.0 Å². The Labute approximate surface area is 94.9 Å². The van der Waals surface area contributed by atoms with Crippen LogP contribution in [-0.4, -0.2) is 14.8 Å². The molecular formula is C10H9F3N4. The van der Waals surface area contributed by atoms with E-state index in [4.69, 9.17) is 5.73 Å². The highest BCUT2D eigenvalue weighted by molar-refractivity contribution is 5.29. The molecule has 0 spiro atoms. The number of anilines is 1. The predicted octanol–water partition coefficient (Wildman–Crippen LogP) is 1.93. The quantitative estimate of drug-likeness (QED) is 0.875. The van der Waals surface area contributed by atoms with Crippen molar-refractivity contribution in [3.63, 3.8) is 0 Å². The average Bonchev–Trinajstić information content (AvgIpc) is 2.69. The van der Waals surface area contributed by atoms with Crippen LogP contribution in [0.2, 0.25) is 0 Å². The molecule has 0 aliphatic heterocycles. The van der Waals surface area contributed by atoms with Crippen LogP contribution in [0, 0.1) is 0 Å². The monoisotopic (exact) mass is 242 g/mol. The number of rotatable bonds is 2. The average molecular weight is 242 g/mol. The van der Waals surface area contributed by atoms with Crippen molar-refractivity contribution in [1.29, 1.82) is 0 Å². The number of hydrogen-bond acceptors (Lipinski definition) is 3. The van der Waals surface area contributed by atoms with E-state index in [9.17, 15) is 13.2 Å². The molecule has 0 unspecified atom stereocenters. The molecule has 0 atom stereocenters. The molecule has 2 aromatic rings. The van der Waals surface area contributed by atoms with Gasteiger partial charge >= 0.3 is 6.18 Å². The van der Waals surface area contributed by atoms with Crippen LogP contribution in [0.5, 0.6) is 0 Å². The zero-order chi connectivity index (χ0) is 12.5.